The fourth-order valence-corrected chi connectivity index (χ4v) is 1.61. The summed E-state index contributed by atoms with van der Waals surface area (Å²) in [5, 5.41) is 6.70. The molecule has 0 amide bonds. The molecule has 0 aromatic heterocycles. The van der Waals surface area contributed by atoms with Crippen LogP contribution in [0, 0.1) is 11.7 Å². The lowest BCUT2D eigenvalue weighted by molar-refractivity contribution is 0.530. The van der Waals surface area contributed by atoms with Gasteiger partial charge in [-0.3, -0.25) is 0 Å². The second-order valence-corrected chi connectivity index (χ2v) is 4.76. The van der Waals surface area contributed by atoms with Crippen LogP contribution in [0.5, 0.6) is 0 Å². The van der Waals surface area contributed by atoms with Crippen molar-refractivity contribution in [3.05, 3.63) is 35.6 Å². The summed E-state index contributed by atoms with van der Waals surface area (Å²) in [6.45, 7) is 8.21. The van der Waals surface area contributed by atoms with E-state index in [9.17, 15) is 4.39 Å². The zero-order valence-corrected chi connectivity index (χ0v) is 10.8. The van der Waals surface area contributed by atoms with Crippen LogP contribution in [-0.4, -0.2) is 19.6 Å². The van der Waals surface area contributed by atoms with E-state index in [0.717, 1.165) is 38.2 Å². The number of halogens is 1. The van der Waals surface area contributed by atoms with Crippen LogP contribution in [0.1, 0.15) is 25.8 Å². The van der Waals surface area contributed by atoms with E-state index in [1.807, 2.05) is 6.07 Å². The molecular weight excluding hydrogens is 215 g/mol. The highest BCUT2D eigenvalue weighted by Crippen LogP contribution is 2.02. The Morgan fingerprint density at radius 2 is 1.94 bits per heavy atom. The van der Waals surface area contributed by atoms with Crippen molar-refractivity contribution in [3.8, 4) is 0 Å². The smallest absolute Gasteiger partial charge is 0.123 e. The first kappa shape index (κ1) is 14.1. The third-order valence-corrected chi connectivity index (χ3v) is 2.48. The zero-order chi connectivity index (χ0) is 12.5. The van der Waals surface area contributed by atoms with E-state index >= 15 is 0 Å². The Morgan fingerprint density at radius 1 is 1.18 bits per heavy atom. The molecule has 0 unspecified atom stereocenters. The van der Waals surface area contributed by atoms with Gasteiger partial charge in [0.1, 0.15) is 5.82 Å². The Bertz CT molecular complexity index is 313. The molecule has 0 aliphatic heterocycles. The van der Waals surface area contributed by atoms with Gasteiger partial charge in [0.05, 0.1) is 0 Å². The predicted octanol–water partition coefficient (Wildman–Crippen LogP) is 2.55. The van der Waals surface area contributed by atoms with Gasteiger partial charge in [0.15, 0.2) is 0 Å². The second kappa shape index (κ2) is 8.20. The second-order valence-electron chi connectivity index (χ2n) is 4.76. The molecule has 0 radical (unpaired) electrons. The minimum Gasteiger partial charge on any atom is -0.316 e. The van der Waals surface area contributed by atoms with Gasteiger partial charge in [0, 0.05) is 6.54 Å². The van der Waals surface area contributed by atoms with Crippen LogP contribution >= 0.6 is 0 Å². The standard InChI is InChI=1S/C14H23FN2/c1-12(2)10-16-7-4-8-17-11-13-5-3-6-14(15)9-13/h3,5-6,9,12,16-17H,4,7-8,10-11H2,1-2H3. The van der Waals surface area contributed by atoms with Crippen molar-refractivity contribution in [2.45, 2.75) is 26.8 Å². The number of hydrogen-bond donors (Lipinski definition) is 2. The van der Waals surface area contributed by atoms with Gasteiger partial charge in [-0.1, -0.05) is 26.0 Å². The van der Waals surface area contributed by atoms with E-state index in [2.05, 4.69) is 24.5 Å². The number of rotatable bonds is 8. The normalized spacial score (nSPS) is 11.1. The molecule has 0 saturated heterocycles. The third kappa shape index (κ3) is 7.08. The molecule has 1 rings (SSSR count). The van der Waals surface area contributed by atoms with Crippen LogP contribution in [0.3, 0.4) is 0 Å². The minimum absolute atomic E-state index is 0.164. The van der Waals surface area contributed by atoms with Gasteiger partial charge in [-0.2, -0.15) is 0 Å². The molecule has 0 aliphatic carbocycles. The van der Waals surface area contributed by atoms with Crippen molar-refractivity contribution < 1.29 is 4.39 Å². The van der Waals surface area contributed by atoms with Crippen molar-refractivity contribution in [1.82, 2.24) is 10.6 Å². The molecule has 1 aromatic carbocycles. The van der Waals surface area contributed by atoms with E-state index in [4.69, 9.17) is 0 Å². The summed E-state index contributed by atoms with van der Waals surface area (Å²) < 4.78 is 12.9. The van der Waals surface area contributed by atoms with Crippen molar-refractivity contribution in [1.29, 1.82) is 0 Å². The topological polar surface area (TPSA) is 24.1 Å². The minimum atomic E-state index is -0.164. The van der Waals surface area contributed by atoms with Crippen LogP contribution in [0.15, 0.2) is 24.3 Å². The highest BCUT2D eigenvalue weighted by Gasteiger charge is 1.95. The van der Waals surface area contributed by atoms with Crippen LogP contribution < -0.4 is 10.6 Å². The van der Waals surface area contributed by atoms with Gasteiger partial charge in [0.25, 0.3) is 0 Å². The summed E-state index contributed by atoms with van der Waals surface area (Å²) in [5.74, 6) is 0.540. The van der Waals surface area contributed by atoms with Gasteiger partial charge in [-0.15, -0.1) is 0 Å². The van der Waals surface area contributed by atoms with Gasteiger partial charge >= 0.3 is 0 Å². The molecule has 3 heteroatoms. The summed E-state index contributed by atoms with van der Waals surface area (Å²) in [5.41, 5.74) is 1.00. The van der Waals surface area contributed by atoms with Gasteiger partial charge < -0.3 is 10.6 Å². The average Bonchev–Trinajstić information content (AvgIpc) is 2.27. The molecule has 0 saturated carbocycles. The summed E-state index contributed by atoms with van der Waals surface area (Å²) in [6.07, 6.45) is 1.10. The van der Waals surface area contributed by atoms with Gasteiger partial charge in [-0.25, -0.2) is 4.39 Å². The first-order chi connectivity index (χ1) is 8.18. The molecule has 0 bridgehead atoms. The largest absolute Gasteiger partial charge is 0.316 e. The molecule has 0 fully saturated rings. The lowest BCUT2D eigenvalue weighted by atomic mass is 10.2. The fraction of sp³-hybridized carbons (Fsp3) is 0.571. The lowest BCUT2D eigenvalue weighted by Gasteiger charge is -2.08. The maximum Gasteiger partial charge on any atom is 0.123 e. The number of hydrogen-bond acceptors (Lipinski definition) is 2. The highest BCUT2D eigenvalue weighted by atomic mass is 19.1. The monoisotopic (exact) mass is 238 g/mol. The van der Waals surface area contributed by atoms with Crippen molar-refractivity contribution in [2.24, 2.45) is 5.92 Å². The lowest BCUT2D eigenvalue weighted by Crippen LogP contribution is -2.24. The molecule has 2 N–H and O–H groups in total. The molecule has 17 heavy (non-hydrogen) atoms. The van der Waals surface area contributed by atoms with E-state index in [-0.39, 0.29) is 5.82 Å². The number of nitrogens with one attached hydrogen (secondary N) is 2. The Hall–Kier alpha value is -0.930. The Labute approximate surface area is 104 Å². The van der Waals surface area contributed by atoms with E-state index < -0.39 is 0 Å². The van der Waals surface area contributed by atoms with E-state index in [0.29, 0.717) is 5.92 Å². The molecule has 0 aliphatic rings. The van der Waals surface area contributed by atoms with Crippen molar-refractivity contribution >= 4 is 0 Å². The van der Waals surface area contributed by atoms with Crippen molar-refractivity contribution in [2.75, 3.05) is 19.6 Å². The van der Waals surface area contributed by atoms with Crippen LogP contribution in [0.2, 0.25) is 0 Å². The predicted molar refractivity (Wildman–Crippen MR) is 70.4 cm³/mol. The molecule has 0 atom stereocenters. The van der Waals surface area contributed by atoms with Crippen LogP contribution in [0.25, 0.3) is 0 Å². The summed E-state index contributed by atoms with van der Waals surface area (Å²) in [7, 11) is 0. The first-order valence-corrected chi connectivity index (χ1v) is 6.34. The zero-order valence-electron chi connectivity index (χ0n) is 10.8. The van der Waals surface area contributed by atoms with Gasteiger partial charge in [0.2, 0.25) is 0 Å². The SMILES string of the molecule is CC(C)CNCCCNCc1cccc(F)c1. The Kier molecular flexibility index (Phi) is 6.82. The highest BCUT2D eigenvalue weighted by molar-refractivity contribution is 5.15. The summed E-state index contributed by atoms with van der Waals surface area (Å²) in [4.78, 5) is 0. The molecular formula is C14H23FN2. The van der Waals surface area contributed by atoms with Gasteiger partial charge in [-0.05, 0) is 49.7 Å². The maximum atomic E-state index is 12.9. The van der Waals surface area contributed by atoms with Crippen LogP contribution in [-0.2, 0) is 6.54 Å². The van der Waals surface area contributed by atoms with E-state index in [1.165, 1.54) is 6.07 Å². The molecule has 96 valence electrons. The molecule has 0 heterocycles. The Balaban J connectivity index is 2.01. The van der Waals surface area contributed by atoms with Crippen LogP contribution in [0.4, 0.5) is 4.39 Å². The first-order valence-electron chi connectivity index (χ1n) is 6.34. The molecule has 2 nitrogen and oxygen atoms in total. The third-order valence-electron chi connectivity index (χ3n) is 2.48. The van der Waals surface area contributed by atoms with Crippen molar-refractivity contribution in [3.63, 3.8) is 0 Å². The number of benzene rings is 1. The molecule has 1 aromatic rings. The molecule has 0 spiro atoms. The average molecular weight is 238 g/mol. The quantitative estimate of drug-likeness (QED) is 0.680. The van der Waals surface area contributed by atoms with E-state index in [1.54, 1.807) is 12.1 Å². The Morgan fingerprint density at radius 3 is 2.65 bits per heavy atom. The maximum absolute atomic E-state index is 12.9. The fourth-order valence-electron chi connectivity index (χ4n) is 1.61. The summed E-state index contributed by atoms with van der Waals surface area (Å²) >= 11 is 0. The summed E-state index contributed by atoms with van der Waals surface area (Å²) in [6, 6.07) is 6.73.